The van der Waals surface area contributed by atoms with Crippen LogP contribution in [0.1, 0.15) is 41.0 Å². The van der Waals surface area contributed by atoms with Gasteiger partial charge in [-0.05, 0) is 93.5 Å². The number of piperidine rings is 1. The second-order valence-electron chi connectivity index (χ2n) is 10.5. The molecule has 0 spiro atoms. The van der Waals surface area contributed by atoms with Crippen LogP contribution in [-0.2, 0) is 4.79 Å². The lowest BCUT2D eigenvalue weighted by molar-refractivity contribution is -0.117. The molecule has 12 nitrogen and oxygen atoms in total. The molecule has 220 valence electrons. The van der Waals surface area contributed by atoms with Crippen LogP contribution in [0.25, 0.3) is 5.52 Å². The van der Waals surface area contributed by atoms with Gasteiger partial charge in [0.25, 0.3) is 5.91 Å². The number of nitrogens with zero attached hydrogens (tertiary/aromatic N) is 6. The van der Waals surface area contributed by atoms with Gasteiger partial charge in [-0.15, -0.1) is 5.10 Å². The van der Waals surface area contributed by atoms with Gasteiger partial charge in [-0.2, -0.15) is 5.10 Å². The number of amides is 2. The van der Waals surface area contributed by atoms with E-state index in [1.165, 1.54) is 18.2 Å². The second-order valence-corrected chi connectivity index (χ2v) is 11.5. The van der Waals surface area contributed by atoms with Crippen molar-refractivity contribution in [3.63, 3.8) is 0 Å². The third-order valence-corrected chi connectivity index (χ3v) is 7.91. The van der Waals surface area contributed by atoms with Crippen molar-refractivity contribution < 1.29 is 9.59 Å². The Bertz CT molecular complexity index is 1760. The SMILES string of the molecule is Cc1cc(Nc2nc(Sc3ccc(NC(=O)c4ncccc4C)cc3)nn3cc(NC(=O)CN4CCCCC4)cc23)n[nH]1. The molecular formula is C30H32N10O2S. The highest BCUT2D eigenvalue weighted by molar-refractivity contribution is 7.99. The van der Waals surface area contributed by atoms with E-state index in [9.17, 15) is 9.59 Å². The molecule has 13 heteroatoms. The van der Waals surface area contributed by atoms with Crippen LogP contribution in [0.5, 0.6) is 0 Å². The number of carbonyl (C=O) groups excluding carboxylic acids is 2. The Kier molecular flexibility index (Phi) is 8.34. The summed E-state index contributed by atoms with van der Waals surface area (Å²) in [6, 6.07) is 14.8. The van der Waals surface area contributed by atoms with E-state index >= 15 is 0 Å². The van der Waals surface area contributed by atoms with Crippen molar-refractivity contribution >= 4 is 52.1 Å². The summed E-state index contributed by atoms with van der Waals surface area (Å²) in [5.41, 5.74) is 4.10. The molecule has 0 radical (unpaired) electrons. The molecule has 1 aromatic carbocycles. The van der Waals surface area contributed by atoms with E-state index in [1.54, 1.807) is 23.0 Å². The van der Waals surface area contributed by atoms with Crippen molar-refractivity contribution in [3.8, 4) is 0 Å². The number of anilines is 4. The van der Waals surface area contributed by atoms with Crippen LogP contribution in [-0.4, -0.2) is 66.1 Å². The van der Waals surface area contributed by atoms with Gasteiger partial charge in [-0.25, -0.2) is 9.50 Å². The average molecular weight is 597 g/mol. The van der Waals surface area contributed by atoms with Gasteiger partial charge in [0.2, 0.25) is 11.1 Å². The van der Waals surface area contributed by atoms with Gasteiger partial charge in [-0.1, -0.05) is 12.5 Å². The molecule has 1 saturated heterocycles. The minimum atomic E-state index is -0.261. The molecular weight excluding hydrogens is 564 g/mol. The van der Waals surface area contributed by atoms with Crippen molar-refractivity contribution in [1.29, 1.82) is 0 Å². The van der Waals surface area contributed by atoms with Crippen LogP contribution in [0.4, 0.5) is 23.0 Å². The first kappa shape index (κ1) is 28.4. The smallest absolute Gasteiger partial charge is 0.274 e. The predicted octanol–water partition coefficient (Wildman–Crippen LogP) is 5.04. The number of aryl methyl sites for hydroxylation is 2. The van der Waals surface area contributed by atoms with Crippen LogP contribution >= 0.6 is 11.8 Å². The maximum absolute atomic E-state index is 12.8. The molecule has 2 amide bonds. The van der Waals surface area contributed by atoms with Crippen molar-refractivity contribution in [2.45, 2.75) is 43.2 Å². The minimum Gasteiger partial charge on any atom is -0.324 e. The highest BCUT2D eigenvalue weighted by Crippen LogP contribution is 2.30. The molecule has 1 aliphatic heterocycles. The number of benzene rings is 1. The topological polar surface area (TPSA) is 145 Å². The van der Waals surface area contributed by atoms with E-state index in [-0.39, 0.29) is 11.8 Å². The molecule has 1 aliphatic rings. The average Bonchev–Trinajstić information content (AvgIpc) is 3.59. The third kappa shape index (κ3) is 7.01. The number of H-pyrrole nitrogens is 1. The fraction of sp³-hybridized carbons (Fsp3) is 0.267. The first-order valence-corrected chi connectivity index (χ1v) is 14.9. The summed E-state index contributed by atoms with van der Waals surface area (Å²) >= 11 is 1.37. The third-order valence-electron chi connectivity index (χ3n) is 7.04. The molecule has 0 atom stereocenters. The molecule has 4 aromatic heterocycles. The molecule has 1 fully saturated rings. The molecule has 5 heterocycles. The summed E-state index contributed by atoms with van der Waals surface area (Å²) < 4.78 is 1.71. The second kappa shape index (κ2) is 12.6. The van der Waals surface area contributed by atoms with Gasteiger partial charge < -0.3 is 16.0 Å². The largest absolute Gasteiger partial charge is 0.324 e. The Labute approximate surface area is 252 Å². The number of aromatic nitrogens is 6. The number of likely N-dealkylation sites (tertiary alicyclic amines) is 1. The fourth-order valence-electron chi connectivity index (χ4n) is 4.93. The van der Waals surface area contributed by atoms with Crippen LogP contribution in [0.3, 0.4) is 0 Å². The quantitative estimate of drug-likeness (QED) is 0.184. The maximum atomic E-state index is 12.8. The van der Waals surface area contributed by atoms with Crippen molar-refractivity contribution in [3.05, 3.63) is 77.9 Å². The molecule has 6 rings (SSSR count). The normalized spacial score (nSPS) is 13.6. The number of hydrogen-bond donors (Lipinski definition) is 4. The first-order valence-electron chi connectivity index (χ1n) is 14.1. The summed E-state index contributed by atoms with van der Waals surface area (Å²) in [7, 11) is 0. The number of fused-ring (bicyclic) bond motifs is 1. The van der Waals surface area contributed by atoms with Crippen molar-refractivity contribution in [2.75, 3.05) is 35.6 Å². The molecule has 5 aromatic rings. The van der Waals surface area contributed by atoms with E-state index in [2.05, 4.69) is 36.0 Å². The summed E-state index contributed by atoms with van der Waals surface area (Å²) in [6.07, 6.45) is 6.87. The lowest BCUT2D eigenvalue weighted by atomic mass is 10.1. The summed E-state index contributed by atoms with van der Waals surface area (Å²) in [4.78, 5) is 37.5. The van der Waals surface area contributed by atoms with E-state index in [1.807, 2.05) is 56.3 Å². The van der Waals surface area contributed by atoms with E-state index in [4.69, 9.17) is 10.1 Å². The first-order chi connectivity index (χ1) is 20.9. The molecule has 0 saturated carbocycles. The van der Waals surface area contributed by atoms with E-state index in [0.717, 1.165) is 42.1 Å². The van der Waals surface area contributed by atoms with Gasteiger partial charge in [0.15, 0.2) is 11.6 Å². The fourth-order valence-corrected chi connectivity index (χ4v) is 5.68. The van der Waals surface area contributed by atoms with Gasteiger partial charge in [0.1, 0.15) is 11.2 Å². The van der Waals surface area contributed by atoms with Crippen molar-refractivity contribution in [1.82, 2.24) is 34.7 Å². The Morgan fingerprint density at radius 1 is 1.00 bits per heavy atom. The highest BCUT2D eigenvalue weighted by Gasteiger charge is 2.17. The van der Waals surface area contributed by atoms with E-state index < -0.39 is 0 Å². The van der Waals surface area contributed by atoms with Crippen molar-refractivity contribution in [2.24, 2.45) is 0 Å². The Morgan fingerprint density at radius 2 is 1.81 bits per heavy atom. The summed E-state index contributed by atoms with van der Waals surface area (Å²) in [5.74, 6) is 0.857. The van der Waals surface area contributed by atoms with Crippen LogP contribution in [0, 0.1) is 13.8 Å². The molecule has 43 heavy (non-hydrogen) atoms. The molecule has 0 aliphatic carbocycles. The zero-order valence-electron chi connectivity index (χ0n) is 23.9. The van der Waals surface area contributed by atoms with Crippen LogP contribution in [0.15, 0.2) is 71.0 Å². The summed E-state index contributed by atoms with van der Waals surface area (Å²) in [5, 5.41) is 21.6. The van der Waals surface area contributed by atoms with Gasteiger partial charge in [0.05, 0.1) is 18.4 Å². The summed E-state index contributed by atoms with van der Waals surface area (Å²) in [6.45, 7) is 6.05. The lowest BCUT2D eigenvalue weighted by Crippen LogP contribution is -2.36. The molecule has 0 bridgehead atoms. The number of carbonyl (C=O) groups is 2. The van der Waals surface area contributed by atoms with Gasteiger partial charge >= 0.3 is 0 Å². The van der Waals surface area contributed by atoms with Crippen LogP contribution in [0.2, 0.25) is 0 Å². The Morgan fingerprint density at radius 3 is 2.56 bits per heavy atom. The number of nitrogens with one attached hydrogen (secondary N) is 4. The van der Waals surface area contributed by atoms with Gasteiger partial charge in [0, 0.05) is 28.5 Å². The van der Waals surface area contributed by atoms with E-state index in [0.29, 0.717) is 45.9 Å². The zero-order chi connectivity index (χ0) is 29.8. The van der Waals surface area contributed by atoms with Crippen LogP contribution < -0.4 is 16.0 Å². The lowest BCUT2D eigenvalue weighted by Gasteiger charge is -2.25. The standard InChI is InChI=1S/C30H32N10O2S/c1-19-7-6-12-31-27(19)29(42)33-21-8-10-23(11-9-21)43-30-35-28(34-25-15-20(2)36-37-25)24-16-22(17-40(24)38-30)32-26(41)18-39-13-4-3-5-14-39/h6-12,15-17H,3-5,13-14,18H2,1-2H3,(H,32,41)(H,33,42)(H2,34,35,36,37,38). The molecule has 0 unspecified atom stereocenters. The highest BCUT2D eigenvalue weighted by atomic mass is 32.2. The number of hydrogen-bond acceptors (Lipinski definition) is 9. The zero-order valence-corrected chi connectivity index (χ0v) is 24.7. The number of aromatic amines is 1. The maximum Gasteiger partial charge on any atom is 0.274 e. The number of rotatable bonds is 9. The Hall–Kier alpha value is -4.75. The predicted molar refractivity (Wildman–Crippen MR) is 166 cm³/mol. The van der Waals surface area contributed by atoms with Gasteiger partial charge in [-0.3, -0.25) is 24.6 Å². The number of pyridine rings is 1. The monoisotopic (exact) mass is 596 g/mol. The Balaban J connectivity index is 1.20. The molecule has 4 N–H and O–H groups in total. The minimum absolute atomic E-state index is 0.0526.